The summed E-state index contributed by atoms with van der Waals surface area (Å²) in [6.45, 7) is 6.24. The van der Waals surface area contributed by atoms with Crippen LogP contribution in [-0.4, -0.2) is 0 Å². The first-order chi connectivity index (χ1) is 13.8. The third kappa shape index (κ3) is 2.52. The van der Waals surface area contributed by atoms with Gasteiger partial charge in [0.05, 0.1) is 5.41 Å². The smallest absolute Gasteiger partial charge is 0.0683 e. The van der Waals surface area contributed by atoms with Crippen molar-refractivity contribution in [3.8, 4) is 11.1 Å². The molecule has 0 bridgehead atoms. The average molecular weight is 363 g/mol. The van der Waals surface area contributed by atoms with Crippen molar-refractivity contribution in [1.82, 2.24) is 0 Å². The molecule has 0 amide bonds. The van der Waals surface area contributed by atoms with Crippen molar-refractivity contribution in [2.75, 3.05) is 0 Å². The highest BCUT2D eigenvalue weighted by Crippen LogP contribution is 2.56. The van der Waals surface area contributed by atoms with Crippen molar-refractivity contribution in [2.45, 2.75) is 26.2 Å². The van der Waals surface area contributed by atoms with Gasteiger partial charge in [-0.05, 0) is 45.9 Å². The summed E-state index contributed by atoms with van der Waals surface area (Å²) in [6, 6.07) is 37.5. The Morgan fingerprint density at radius 2 is 1.00 bits per heavy atom. The predicted octanol–water partition coefficient (Wildman–Crippen LogP) is 7.38. The maximum absolute atomic E-state index is 2.30. The Bertz CT molecular complexity index is 1040. The van der Waals surface area contributed by atoms with E-state index in [1.54, 1.807) is 0 Å². The number of hydrogen-bond acceptors (Lipinski definition) is 0. The third-order valence-electron chi connectivity index (χ3n) is 5.68. The summed E-state index contributed by atoms with van der Waals surface area (Å²) < 4.78 is 0. The molecule has 138 valence electrons. The minimum absolute atomic E-state index is 0.264. The summed E-state index contributed by atoms with van der Waals surface area (Å²) in [5, 5.41) is 0. The van der Waals surface area contributed by atoms with Crippen molar-refractivity contribution in [2.24, 2.45) is 0 Å². The van der Waals surface area contributed by atoms with Gasteiger partial charge in [-0.25, -0.2) is 0 Å². The average Bonchev–Trinajstić information content (AvgIpc) is 3.09. The molecule has 0 spiro atoms. The Labute approximate surface area is 168 Å². The van der Waals surface area contributed by atoms with E-state index in [0.717, 1.165) is 0 Å². The van der Waals surface area contributed by atoms with Gasteiger partial charge in [-0.2, -0.15) is 0 Å². The second kappa shape index (κ2) is 7.48. The largest absolute Gasteiger partial charge is 0.0716 e. The first kappa shape index (κ1) is 18.3. The summed E-state index contributed by atoms with van der Waals surface area (Å²) in [5.74, 6) is 0. The van der Waals surface area contributed by atoms with Gasteiger partial charge in [0.2, 0.25) is 0 Å². The number of aryl methyl sites for hydroxylation is 1. The maximum atomic E-state index is 2.30. The molecule has 28 heavy (non-hydrogen) atoms. The van der Waals surface area contributed by atoms with Crippen molar-refractivity contribution in [3.05, 3.63) is 131 Å². The molecule has 0 saturated heterocycles. The Hall–Kier alpha value is -3.12. The van der Waals surface area contributed by atoms with E-state index >= 15 is 0 Å². The second-order valence-electron chi connectivity index (χ2n) is 7.03. The summed E-state index contributed by atoms with van der Waals surface area (Å²) in [6.07, 6.45) is 0. The first-order valence-corrected chi connectivity index (χ1v) is 10.1. The van der Waals surface area contributed by atoms with E-state index in [9.17, 15) is 0 Å². The van der Waals surface area contributed by atoms with Crippen LogP contribution >= 0.6 is 0 Å². The normalized spacial score (nSPS) is 13.1. The highest BCUT2D eigenvalue weighted by Gasteiger charge is 2.46. The monoisotopic (exact) mass is 362 g/mol. The lowest BCUT2D eigenvalue weighted by Crippen LogP contribution is -2.29. The summed E-state index contributed by atoms with van der Waals surface area (Å²) in [7, 11) is 0. The summed E-state index contributed by atoms with van der Waals surface area (Å²) in [5.41, 5.74) is 9.22. The van der Waals surface area contributed by atoms with Crippen LogP contribution in [-0.2, 0) is 5.41 Å². The number of fused-ring (bicyclic) bond motifs is 3. The fraction of sp³-hybridized carbons (Fsp3) is 0.143. The molecule has 1 aliphatic rings. The van der Waals surface area contributed by atoms with Crippen LogP contribution in [0, 0.1) is 6.92 Å². The molecule has 0 unspecified atom stereocenters. The van der Waals surface area contributed by atoms with Gasteiger partial charge in [-0.15, -0.1) is 0 Å². The summed E-state index contributed by atoms with van der Waals surface area (Å²) >= 11 is 0. The van der Waals surface area contributed by atoms with Gasteiger partial charge in [-0.3, -0.25) is 0 Å². The van der Waals surface area contributed by atoms with Crippen LogP contribution in [0.3, 0.4) is 0 Å². The molecule has 0 fully saturated rings. The Balaban J connectivity index is 0.000000932. The molecule has 0 aliphatic heterocycles. The van der Waals surface area contributed by atoms with Crippen molar-refractivity contribution < 1.29 is 0 Å². The predicted molar refractivity (Wildman–Crippen MR) is 120 cm³/mol. The molecule has 0 heteroatoms. The van der Waals surface area contributed by atoms with Gasteiger partial charge in [0.15, 0.2) is 0 Å². The molecule has 0 saturated carbocycles. The highest BCUT2D eigenvalue weighted by atomic mass is 14.5. The van der Waals surface area contributed by atoms with Gasteiger partial charge < -0.3 is 0 Å². The van der Waals surface area contributed by atoms with Gasteiger partial charge in [0.1, 0.15) is 0 Å². The van der Waals surface area contributed by atoms with Crippen LogP contribution in [0.25, 0.3) is 11.1 Å². The van der Waals surface area contributed by atoms with E-state index in [-0.39, 0.29) is 5.41 Å². The lowest BCUT2D eigenvalue weighted by molar-refractivity contribution is 0.762. The first-order valence-electron chi connectivity index (χ1n) is 10.1. The molecule has 0 aromatic heterocycles. The zero-order valence-electron chi connectivity index (χ0n) is 16.8. The zero-order valence-corrected chi connectivity index (χ0v) is 16.8. The Morgan fingerprint density at radius 1 is 0.500 bits per heavy atom. The quantitative estimate of drug-likeness (QED) is 0.307. The van der Waals surface area contributed by atoms with Crippen LogP contribution in [0.4, 0.5) is 0 Å². The fourth-order valence-electron chi connectivity index (χ4n) is 4.71. The number of benzene rings is 4. The van der Waals surface area contributed by atoms with Crippen molar-refractivity contribution >= 4 is 0 Å². The van der Waals surface area contributed by atoms with Crippen LogP contribution in [0.5, 0.6) is 0 Å². The molecule has 4 aromatic rings. The fourth-order valence-corrected chi connectivity index (χ4v) is 4.71. The molecule has 0 atom stereocenters. The molecule has 0 nitrogen and oxygen atoms in total. The van der Waals surface area contributed by atoms with E-state index in [0.29, 0.717) is 0 Å². The molecular formula is C28H26. The maximum Gasteiger partial charge on any atom is 0.0716 e. The van der Waals surface area contributed by atoms with Gasteiger partial charge >= 0.3 is 0 Å². The minimum Gasteiger partial charge on any atom is -0.0683 e. The zero-order chi connectivity index (χ0) is 19.6. The molecule has 1 aliphatic carbocycles. The second-order valence-corrected chi connectivity index (χ2v) is 7.03. The molecule has 5 rings (SSSR count). The standard InChI is InChI=1S/C26H20.C2H6/c1-19-11-10-17-23-22-16-8-9-18-24(22)26(25(19)23,20-12-4-2-5-13-20)21-14-6-3-7-15-21;1-2/h2-18H,1H3;1-2H3. The minimum atomic E-state index is -0.264. The lowest BCUT2D eigenvalue weighted by atomic mass is 9.67. The Kier molecular flexibility index (Phi) is 4.88. The molecular weight excluding hydrogens is 336 g/mol. The Morgan fingerprint density at radius 3 is 1.61 bits per heavy atom. The third-order valence-corrected chi connectivity index (χ3v) is 5.68. The lowest BCUT2D eigenvalue weighted by Gasteiger charge is -2.34. The van der Waals surface area contributed by atoms with Gasteiger partial charge in [0.25, 0.3) is 0 Å². The molecule has 0 radical (unpaired) electrons. The van der Waals surface area contributed by atoms with Crippen LogP contribution < -0.4 is 0 Å². The summed E-state index contributed by atoms with van der Waals surface area (Å²) in [4.78, 5) is 0. The van der Waals surface area contributed by atoms with Gasteiger partial charge in [-0.1, -0.05) is 117 Å². The van der Waals surface area contributed by atoms with E-state index in [4.69, 9.17) is 0 Å². The highest BCUT2D eigenvalue weighted by molar-refractivity contribution is 5.87. The van der Waals surface area contributed by atoms with Crippen LogP contribution in [0.2, 0.25) is 0 Å². The topological polar surface area (TPSA) is 0 Å². The molecule has 0 N–H and O–H groups in total. The molecule has 0 heterocycles. The van der Waals surface area contributed by atoms with Crippen molar-refractivity contribution in [3.63, 3.8) is 0 Å². The number of rotatable bonds is 2. The van der Waals surface area contributed by atoms with E-state index in [1.807, 2.05) is 13.8 Å². The van der Waals surface area contributed by atoms with E-state index < -0.39 is 0 Å². The number of hydrogen-bond donors (Lipinski definition) is 0. The van der Waals surface area contributed by atoms with E-state index in [2.05, 4.69) is 110 Å². The SMILES string of the molecule is CC.Cc1cccc2c1C(c1ccccc1)(c1ccccc1)c1ccccc1-2. The van der Waals surface area contributed by atoms with Crippen molar-refractivity contribution in [1.29, 1.82) is 0 Å². The van der Waals surface area contributed by atoms with Crippen LogP contribution in [0.15, 0.2) is 103 Å². The van der Waals surface area contributed by atoms with Gasteiger partial charge in [0, 0.05) is 0 Å². The van der Waals surface area contributed by atoms with Crippen LogP contribution in [0.1, 0.15) is 41.7 Å². The van der Waals surface area contributed by atoms with E-state index in [1.165, 1.54) is 38.9 Å². The molecule has 4 aromatic carbocycles.